The van der Waals surface area contributed by atoms with Gasteiger partial charge in [0.1, 0.15) is 11.5 Å². The summed E-state index contributed by atoms with van der Waals surface area (Å²) in [5.41, 5.74) is 8.72. The molecule has 6 nitrogen and oxygen atoms in total. The quantitative estimate of drug-likeness (QED) is 0.923. The standard InChI is InChI=1S/C15H15ClN6/c1-8-4-5-9(2)22(8)14-12(20-14)6-11(16)7-13-18-10(3)19-15(17)21-13/h4-7H,1-3H3,(H2,17,18,19,21)/b11-7+,12-6+. The minimum Gasteiger partial charge on any atom is -0.368 e. The Balaban J connectivity index is 1.81. The molecule has 2 aromatic heterocycles. The fourth-order valence-corrected chi connectivity index (χ4v) is 2.44. The Morgan fingerprint density at radius 1 is 1.14 bits per heavy atom. The third-order valence-electron chi connectivity index (χ3n) is 3.21. The van der Waals surface area contributed by atoms with E-state index in [-0.39, 0.29) is 5.95 Å². The summed E-state index contributed by atoms with van der Waals surface area (Å²) in [5, 5.41) is 0.487. The minimum absolute atomic E-state index is 0.179. The SMILES string of the molecule is Cc1nc(N)nc(/C=C(Cl)\C=C2N=C\2n2c(C)ccc2C)n1. The average molecular weight is 315 g/mol. The van der Waals surface area contributed by atoms with Crippen LogP contribution in [0.15, 0.2) is 33.9 Å². The van der Waals surface area contributed by atoms with Gasteiger partial charge in [-0.05, 0) is 39.0 Å². The number of anilines is 1. The molecule has 0 aromatic carbocycles. The first-order valence-electron chi connectivity index (χ1n) is 6.75. The van der Waals surface area contributed by atoms with E-state index < -0.39 is 0 Å². The first-order chi connectivity index (χ1) is 10.4. The van der Waals surface area contributed by atoms with E-state index >= 15 is 0 Å². The molecule has 2 aromatic rings. The zero-order chi connectivity index (χ0) is 15.9. The minimum atomic E-state index is 0.179. The molecular weight excluding hydrogens is 300 g/mol. The largest absolute Gasteiger partial charge is 0.368 e. The van der Waals surface area contributed by atoms with Crippen LogP contribution in [-0.2, 0) is 0 Å². The molecule has 0 fully saturated rings. The monoisotopic (exact) mass is 314 g/mol. The van der Waals surface area contributed by atoms with Gasteiger partial charge < -0.3 is 10.3 Å². The molecule has 0 spiro atoms. The molecule has 112 valence electrons. The van der Waals surface area contributed by atoms with Crippen LogP contribution in [0, 0.1) is 20.8 Å². The van der Waals surface area contributed by atoms with E-state index in [4.69, 9.17) is 17.3 Å². The highest BCUT2D eigenvalue weighted by Gasteiger charge is 2.24. The summed E-state index contributed by atoms with van der Waals surface area (Å²) in [5.74, 6) is 2.08. The van der Waals surface area contributed by atoms with Gasteiger partial charge in [0.25, 0.3) is 0 Å². The van der Waals surface area contributed by atoms with Crippen molar-refractivity contribution in [3.63, 3.8) is 0 Å². The number of aliphatic imine (C=N–C) groups is 1. The van der Waals surface area contributed by atoms with Gasteiger partial charge in [-0.3, -0.25) is 0 Å². The fourth-order valence-electron chi connectivity index (χ4n) is 2.23. The Hall–Kier alpha value is -2.47. The van der Waals surface area contributed by atoms with Crippen molar-refractivity contribution in [1.29, 1.82) is 0 Å². The zero-order valence-electron chi connectivity index (χ0n) is 12.5. The van der Waals surface area contributed by atoms with E-state index in [1.54, 1.807) is 19.1 Å². The van der Waals surface area contributed by atoms with E-state index in [9.17, 15) is 0 Å². The smallest absolute Gasteiger partial charge is 0.223 e. The summed E-state index contributed by atoms with van der Waals surface area (Å²) < 4.78 is 2.08. The maximum absolute atomic E-state index is 6.22. The Bertz CT molecular complexity index is 804. The van der Waals surface area contributed by atoms with Crippen LogP contribution in [0.4, 0.5) is 5.95 Å². The summed E-state index contributed by atoms with van der Waals surface area (Å²) in [7, 11) is 0. The lowest BCUT2D eigenvalue weighted by Gasteiger charge is -2.00. The lowest BCUT2D eigenvalue weighted by Crippen LogP contribution is -2.04. The molecule has 2 N–H and O–H groups in total. The van der Waals surface area contributed by atoms with Crippen LogP contribution in [-0.4, -0.2) is 25.4 Å². The van der Waals surface area contributed by atoms with Crippen LogP contribution < -0.4 is 5.73 Å². The molecule has 0 radical (unpaired) electrons. The molecule has 1 aliphatic heterocycles. The average Bonchev–Trinajstić information content (AvgIpc) is 3.05. The van der Waals surface area contributed by atoms with E-state index in [0.717, 1.165) is 22.9 Å². The van der Waals surface area contributed by atoms with Gasteiger partial charge in [-0.1, -0.05) is 11.6 Å². The van der Waals surface area contributed by atoms with Crippen molar-refractivity contribution in [2.24, 2.45) is 4.99 Å². The van der Waals surface area contributed by atoms with Gasteiger partial charge in [0, 0.05) is 22.5 Å². The summed E-state index contributed by atoms with van der Waals surface area (Å²) in [6.07, 6.45) is 3.42. The Morgan fingerprint density at radius 2 is 1.82 bits per heavy atom. The maximum atomic E-state index is 6.22. The van der Waals surface area contributed by atoms with Crippen LogP contribution in [0.5, 0.6) is 0 Å². The summed E-state index contributed by atoms with van der Waals surface area (Å²) in [4.78, 5) is 16.5. The number of hydrogen-bond acceptors (Lipinski definition) is 5. The fraction of sp³-hybridized carbons (Fsp3) is 0.200. The highest BCUT2D eigenvalue weighted by Crippen LogP contribution is 2.25. The topological polar surface area (TPSA) is 82.0 Å². The number of hydrogen-bond donors (Lipinski definition) is 1. The van der Waals surface area contributed by atoms with Gasteiger partial charge in [-0.2, -0.15) is 9.97 Å². The highest BCUT2D eigenvalue weighted by molar-refractivity contribution is 6.34. The van der Waals surface area contributed by atoms with Crippen LogP contribution in [0.3, 0.4) is 0 Å². The van der Waals surface area contributed by atoms with Crippen molar-refractivity contribution in [3.8, 4) is 0 Å². The van der Waals surface area contributed by atoms with Gasteiger partial charge in [0.15, 0.2) is 11.7 Å². The van der Waals surface area contributed by atoms with Crippen molar-refractivity contribution < 1.29 is 0 Å². The Labute approximate surface area is 133 Å². The predicted molar refractivity (Wildman–Crippen MR) is 87.6 cm³/mol. The summed E-state index contributed by atoms with van der Waals surface area (Å²) in [6.45, 7) is 5.83. The second-order valence-electron chi connectivity index (χ2n) is 5.04. The number of allylic oxidation sites excluding steroid dienone is 3. The molecule has 22 heavy (non-hydrogen) atoms. The van der Waals surface area contributed by atoms with Crippen molar-refractivity contribution in [2.45, 2.75) is 20.8 Å². The van der Waals surface area contributed by atoms with Crippen molar-refractivity contribution >= 4 is 29.5 Å². The molecule has 0 bridgehead atoms. The van der Waals surface area contributed by atoms with E-state index in [2.05, 4.69) is 36.6 Å². The maximum Gasteiger partial charge on any atom is 0.223 e. The number of halogens is 1. The van der Waals surface area contributed by atoms with Crippen molar-refractivity contribution in [2.75, 3.05) is 5.73 Å². The number of aromatic nitrogens is 4. The molecule has 0 atom stereocenters. The molecule has 0 saturated heterocycles. The first kappa shape index (κ1) is 14.5. The van der Waals surface area contributed by atoms with Gasteiger partial charge >= 0.3 is 0 Å². The number of rotatable bonds is 2. The highest BCUT2D eigenvalue weighted by atomic mass is 35.5. The molecule has 1 aliphatic rings. The summed E-state index contributed by atoms with van der Waals surface area (Å²) in [6, 6.07) is 4.11. The van der Waals surface area contributed by atoms with Crippen molar-refractivity contribution in [3.05, 3.63) is 52.0 Å². The van der Waals surface area contributed by atoms with Gasteiger partial charge in [-0.25, -0.2) is 9.98 Å². The lowest BCUT2D eigenvalue weighted by atomic mass is 10.4. The zero-order valence-corrected chi connectivity index (χ0v) is 13.3. The molecule has 0 saturated carbocycles. The lowest BCUT2D eigenvalue weighted by molar-refractivity contribution is 0.972. The van der Waals surface area contributed by atoms with Crippen LogP contribution >= 0.6 is 11.6 Å². The molecule has 0 amide bonds. The number of nitrogens with two attached hydrogens (primary N) is 1. The molecule has 0 unspecified atom stereocenters. The molecular formula is C15H15ClN6. The Morgan fingerprint density at radius 3 is 2.45 bits per heavy atom. The molecule has 7 heteroatoms. The number of aryl methyl sites for hydroxylation is 3. The number of nitrogen functional groups attached to an aromatic ring is 1. The van der Waals surface area contributed by atoms with E-state index in [1.807, 2.05) is 13.8 Å². The van der Waals surface area contributed by atoms with Crippen molar-refractivity contribution in [1.82, 2.24) is 19.5 Å². The van der Waals surface area contributed by atoms with E-state index in [0.29, 0.717) is 16.7 Å². The van der Waals surface area contributed by atoms with E-state index in [1.165, 1.54) is 0 Å². The Kier molecular flexibility index (Phi) is 3.54. The summed E-state index contributed by atoms with van der Waals surface area (Å²) >= 11 is 6.22. The van der Waals surface area contributed by atoms with Crippen LogP contribution in [0.2, 0.25) is 0 Å². The van der Waals surface area contributed by atoms with Crippen LogP contribution in [0.1, 0.15) is 23.0 Å². The van der Waals surface area contributed by atoms with Gasteiger partial charge in [-0.15, -0.1) is 0 Å². The second kappa shape index (κ2) is 5.38. The third kappa shape index (κ3) is 2.92. The molecule has 3 heterocycles. The van der Waals surface area contributed by atoms with Crippen LogP contribution in [0.25, 0.3) is 6.08 Å². The number of nitrogens with zero attached hydrogens (tertiary/aromatic N) is 5. The first-order valence-corrected chi connectivity index (χ1v) is 7.13. The van der Waals surface area contributed by atoms with Gasteiger partial charge in [0.05, 0.1) is 0 Å². The third-order valence-corrected chi connectivity index (χ3v) is 3.43. The normalized spacial score (nSPS) is 16.1. The predicted octanol–water partition coefficient (Wildman–Crippen LogP) is 2.60. The second-order valence-corrected chi connectivity index (χ2v) is 5.48. The molecule has 0 aliphatic carbocycles. The van der Waals surface area contributed by atoms with Gasteiger partial charge in [0.2, 0.25) is 5.95 Å². The molecule has 3 rings (SSSR count).